The number of aliphatic hydroxyl groups is 1. The number of hydrogen-bond donors (Lipinski definition) is 1. The van der Waals surface area contributed by atoms with Gasteiger partial charge in [-0.15, -0.1) is 0 Å². The lowest BCUT2D eigenvalue weighted by Crippen LogP contribution is -2.23. The van der Waals surface area contributed by atoms with Gasteiger partial charge in [0, 0.05) is 26.5 Å². The molecular weight excluding hydrogens is 154 g/mol. The van der Waals surface area contributed by atoms with Gasteiger partial charge in [-0.25, -0.2) is 4.99 Å². The predicted octanol–water partition coefficient (Wildman–Crippen LogP) is -0.355. The Labute approximate surface area is 71.8 Å². The Morgan fingerprint density at radius 2 is 1.92 bits per heavy atom. The van der Waals surface area contributed by atoms with E-state index in [1.807, 2.05) is 35.6 Å². The molecule has 4 heteroatoms. The zero-order chi connectivity index (χ0) is 9.14. The van der Waals surface area contributed by atoms with Crippen LogP contribution in [-0.4, -0.2) is 26.9 Å². The zero-order valence-electron chi connectivity index (χ0n) is 7.73. The molecule has 1 rings (SSSR count). The normalized spacial score (nSPS) is 13.0. The molecular formula is C8H15N3O. The van der Waals surface area contributed by atoms with E-state index in [1.54, 1.807) is 6.92 Å². The highest BCUT2D eigenvalue weighted by Gasteiger charge is 1.94. The molecule has 4 nitrogen and oxygen atoms in total. The summed E-state index contributed by atoms with van der Waals surface area (Å²) in [5.74, 6) is 0. The zero-order valence-corrected chi connectivity index (χ0v) is 7.73. The topological polar surface area (TPSA) is 42.5 Å². The van der Waals surface area contributed by atoms with Crippen LogP contribution in [0.4, 0.5) is 0 Å². The Morgan fingerprint density at radius 3 is 2.33 bits per heavy atom. The standard InChI is InChI=1S/C8H15N3O/c1-7(12)6-9-8-10(2)4-5-11(8)3/h4-5,7,12H,6H2,1-3H3. The molecule has 1 aromatic heterocycles. The number of imidazole rings is 1. The number of hydrogen-bond acceptors (Lipinski definition) is 2. The molecule has 0 aliphatic heterocycles. The summed E-state index contributed by atoms with van der Waals surface area (Å²) in [4.78, 5) is 4.24. The van der Waals surface area contributed by atoms with Crippen LogP contribution in [0, 0.1) is 0 Å². The lowest BCUT2D eigenvalue weighted by Gasteiger charge is -1.98. The number of aryl methyl sites for hydroxylation is 2. The van der Waals surface area contributed by atoms with E-state index in [4.69, 9.17) is 5.11 Å². The molecule has 0 aromatic carbocycles. The second-order valence-corrected chi connectivity index (χ2v) is 3.01. The Morgan fingerprint density at radius 1 is 1.42 bits per heavy atom. The third-order valence-corrected chi connectivity index (χ3v) is 1.64. The van der Waals surface area contributed by atoms with Crippen molar-refractivity contribution in [2.75, 3.05) is 6.54 Å². The molecule has 0 spiro atoms. The summed E-state index contributed by atoms with van der Waals surface area (Å²) in [6.07, 6.45) is 3.49. The molecule has 1 unspecified atom stereocenters. The van der Waals surface area contributed by atoms with Gasteiger partial charge in [0.25, 0.3) is 0 Å². The quantitative estimate of drug-likeness (QED) is 0.645. The van der Waals surface area contributed by atoms with Crippen molar-refractivity contribution in [3.05, 3.63) is 18.0 Å². The molecule has 0 fully saturated rings. The highest BCUT2D eigenvalue weighted by Crippen LogP contribution is 1.81. The van der Waals surface area contributed by atoms with Crippen LogP contribution in [-0.2, 0) is 14.1 Å². The maximum absolute atomic E-state index is 9.02. The van der Waals surface area contributed by atoms with Crippen LogP contribution in [0.5, 0.6) is 0 Å². The molecule has 1 aromatic rings. The average molecular weight is 169 g/mol. The first-order valence-corrected chi connectivity index (χ1v) is 3.98. The summed E-state index contributed by atoms with van der Waals surface area (Å²) < 4.78 is 3.84. The van der Waals surface area contributed by atoms with E-state index in [0.717, 1.165) is 5.62 Å². The summed E-state index contributed by atoms with van der Waals surface area (Å²) in [6, 6.07) is 0. The molecule has 0 amide bonds. The van der Waals surface area contributed by atoms with Crippen LogP contribution < -0.4 is 5.62 Å². The predicted molar refractivity (Wildman–Crippen MR) is 46.5 cm³/mol. The minimum atomic E-state index is -0.375. The number of nitrogens with zero attached hydrogens (tertiary/aromatic N) is 3. The minimum absolute atomic E-state index is 0.375. The van der Waals surface area contributed by atoms with Crippen molar-refractivity contribution in [3.63, 3.8) is 0 Å². The molecule has 0 aliphatic carbocycles. The summed E-state index contributed by atoms with van der Waals surface area (Å²) >= 11 is 0. The van der Waals surface area contributed by atoms with Gasteiger partial charge in [-0.3, -0.25) is 0 Å². The van der Waals surface area contributed by atoms with E-state index in [2.05, 4.69) is 4.99 Å². The third kappa shape index (κ3) is 1.98. The van der Waals surface area contributed by atoms with Gasteiger partial charge in [-0.2, -0.15) is 0 Å². The van der Waals surface area contributed by atoms with E-state index in [0.29, 0.717) is 6.54 Å². The molecule has 1 N–H and O–H groups in total. The van der Waals surface area contributed by atoms with E-state index < -0.39 is 0 Å². The van der Waals surface area contributed by atoms with Crippen molar-refractivity contribution >= 4 is 0 Å². The van der Waals surface area contributed by atoms with E-state index in [-0.39, 0.29) is 6.10 Å². The van der Waals surface area contributed by atoms with Gasteiger partial charge < -0.3 is 14.2 Å². The van der Waals surface area contributed by atoms with Crippen molar-refractivity contribution in [1.29, 1.82) is 0 Å². The largest absolute Gasteiger partial charge is 0.391 e. The summed E-state index contributed by atoms with van der Waals surface area (Å²) in [7, 11) is 3.86. The Hall–Kier alpha value is -1.03. The highest BCUT2D eigenvalue weighted by atomic mass is 16.3. The number of rotatable bonds is 2. The first-order chi connectivity index (χ1) is 5.61. The van der Waals surface area contributed by atoms with Gasteiger partial charge in [0.05, 0.1) is 12.6 Å². The summed E-state index contributed by atoms with van der Waals surface area (Å²) in [6.45, 7) is 2.18. The van der Waals surface area contributed by atoms with Gasteiger partial charge in [0.2, 0.25) is 5.62 Å². The minimum Gasteiger partial charge on any atom is -0.391 e. The number of aromatic nitrogens is 2. The second kappa shape index (κ2) is 3.58. The fourth-order valence-electron chi connectivity index (χ4n) is 1.02. The van der Waals surface area contributed by atoms with Gasteiger partial charge >= 0.3 is 0 Å². The van der Waals surface area contributed by atoms with Crippen molar-refractivity contribution in [2.24, 2.45) is 19.1 Å². The first kappa shape index (κ1) is 9.06. The molecule has 0 bridgehead atoms. The molecule has 0 saturated heterocycles. The monoisotopic (exact) mass is 169 g/mol. The maximum atomic E-state index is 9.02. The average Bonchev–Trinajstić information content (AvgIpc) is 2.28. The lowest BCUT2D eigenvalue weighted by molar-refractivity contribution is 0.202. The van der Waals surface area contributed by atoms with Gasteiger partial charge in [-0.05, 0) is 6.92 Å². The maximum Gasteiger partial charge on any atom is 0.204 e. The van der Waals surface area contributed by atoms with Gasteiger partial charge in [-0.1, -0.05) is 0 Å². The summed E-state index contributed by atoms with van der Waals surface area (Å²) in [5.41, 5.74) is 0.871. The van der Waals surface area contributed by atoms with Crippen molar-refractivity contribution in [1.82, 2.24) is 9.13 Å². The summed E-state index contributed by atoms with van der Waals surface area (Å²) in [5, 5.41) is 9.02. The molecule has 68 valence electrons. The van der Waals surface area contributed by atoms with E-state index >= 15 is 0 Å². The highest BCUT2D eigenvalue weighted by molar-refractivity contribution is 4.77. The lowest BCUT2D eigenvalue weighted by atomic mass is 10.4. The molecule has 0 saturated carbocycles. The second-order valence-electron chi connectivity index (χ2n) is 3.01. The fraction of sp³-hybridized carbons (Fsp3) is 0.625. The Balaban J connectivity index is 2.92. The van der Waals surface area contributed by atoms with Gasteiger partial charge in [0.15, 0.2) is 0 Å². The van der Waals surface area contributed by atoms with E-state index in [9.17, 15) is 0 Å². The van der Waals surface area contributed by atoms with Crippen molar-refractivity contribution < 1.29 is 5.11 Å². The molecule has 1 heterocycles. The number of aliphatic hydroxyl groups excluding tert-OH is 1. The third-order valence-electron chi connectivity index (χ3n) is 1.64. The molecule has 1 atom stereocenters. The molecule has 12 heavy (non-hydrogen) atoms. The van der Waals surface area contributed by atoms with Crippen molar-refractivity contribution in [2.45, 2.75) is 13.0 Å². The van der Waals surface area contributed by atoms with E-state index in [1.165, 1.54) is 0 Å². The van der Waals surface area contributed by atoms with Crippen LogP contribution in [0.15, 0.2) is 17.4 Å². The van der Waals surface area contributed by atoms with Crippen molar-refractivity contribution in [3.8, 4) is 0 Å². The van der Waals surface area contributed by atoms with Crippen LogP contribution in [0.2, 0.25) is 0 Å². The smallest absolute Gasteiger partial charge is 0.204 e. The molecule has 0 radical (unpaired) electrons. The Kier molecular flexibility index (Phi) is 2.70. The Bertz CT molecular complexity index is 286. The van der Waals surface area contributed by atoms with Crippen LogP contribution in [0.3, 0.4) is 0 Å². The van der Waals surface area contributed by atoms with Crippen LogP contribution in [0.25, 0.3) is 0 Å². The van der Waals surface area contributed by atoms with Crippen LogP contribution >= 0.6 is 0 Å². The van der Waals surface area contributed by atoms with Crippen LogP contribution in [0.1, 0.15) is 6.92 Å². The molecule has 0 aliphatic rings. The first-order valence-electron chi connectivity index (χ1n) is 3.98. The van der Waals surface area contributed by atoms with Gasteiger partial charge in [0.1, 0.15) is 0 Å². The fourth-order valence-corrected chi connectivity index (χ4v) is 1.02. The SMILES string of the molecule is CC(O)CN=c1n(C)ccn1C.